The highest BCUT2D eigenvalue weighted by molar-refractivity contribution is 5.98. The molecule has 140 valence electrons. The minimum absolute atomic E-state index is 0. The van der Waals surface area contributed by atoms with E-state index >= 15 is 0 Å². The number of Topliss-reactive ketones (excluding diaryl/α,β-unsaturated/α-hetero) is 1. The molecule has 1 aromatic rings. The number of carbonyl (C=O) groups is 2. The molecule has 1 aromatic carbocycles. The summed E-state index contributed by atoms with van der Waals surface area (Å²) in [5.74, 6) is 0.962. The SMILES string of the molecule is CC(C)Cc1ccc(C(=O)C2CCN(C(=O)CC(C)N)CC2)cc1.Cl. The summed E-state index contributed by atoms with van der Waals surface area (Å²) in [6.45, 7) is 7.55. The van der Waals surface area contributed by atoms with E-state index in [1.807, 2.05) is 24.0 Å². The molecule has 1 saturated heterocycles. The molecule has 1 atom stereocenters. The average Bonchev–Trinajstić information content (AvgIpc) is 2.54. The minimum Gasteiger partial charge on any atom is -0.343 e. The molecule has 1 fully saturated rings. The van der Waals surface area contributed by atoms with Gasteiger partial charge in [-0.2, -0.15) is 0 Å². The van der Waals surface area contributed by atoms with Crippen LogP contribution in [0.4, 0.5) is 0 Å². The van der Waals surface area contributed by atoms with Gasteiger partial charge in [0.25, 0.3) is 0 Å². The van der Waals surface area contributed by atoms with E-state index in [-0.39, 0.29) is 36.1 Å². The van der Waals surface area contributed by atoms with Gasteiger partial charge >= 0.3 is 0 Å². The number of likely N-dealkylation sites (tertiary alicyclic amines) is 1. The van der Waals surface area contributed by atoms with Crippen LogP contribution in [0.5, 0.6) is 0 Å². The first-order valence-electron chi connectivity index (χ1n) is 9.03. The van der Waals surface area contributed by atoms with Crippen LogP contribution in [0.25, 0.3) is 0 Å². The highest BCUT2D eigenvalue weighted by Crippen LogP contribution is 2.23. The van der Waals surface area contributed by atoms with Crippen molar-refractivity contribution in [2.75, 3.05) is 13.1 Å². The molecule has 2 rings (SSSR count). The van der Waals surface area contributed by atoms with E-state index in [0.717, 1.165) is 24.8 Å². The van der Waals surface area contributed by atoms with Gasteiger partial charge in [0.05, 0.1) is 0 Å². The molecule has 0 spiro atoms. The second-order valence-electron chi connectivity index (χ2n) is 7.50. The number of nitrogens with zero attached hydrogens (tertiary/aromatic N) is 1. The normalized spacial score (nSPS) is 16.4. The van der Waals surface area contributed by atoms with Gasteiger partial charge in [0, 0.05) is 37.0 Å². The fourth-order valence-electron chi connectivity index (χ4n) is 3.31. The Balaban J connectivity index is 0.00000312. The number of ketones is 1. The van der Waals surface area contributed by atoms with Gasteiger partial charge in [-0.1, -0.05) is 38.1 Å². The second kappa shape index (κ2) is 9.93. The molecule has 0 radical (unpaired) electrons. The van der Waals surface area contributed by atoms with Crippen LogP contribution in [-0.2, 0) is 11.2 Å². The first-order valence-corrected chi connectivity index (χ1v) is 9.03. The Labute approximate surface area is 157 Å². The number of hydrogen-bond donors (Lipinski definition) is 1. The van der Waals surface area contributed by atoms with Gasteiger partial charge < -0.3 is 10.6 Å². The van der Waals surface area contributed by atoms with Crippen molar-refractivity contribution < 1.29 is 9.59 Å². The molecule has 2 N–H and O–H groups in total. The smallest absolute Gasteiger partial charge is 0.224 e. The van der Waals surface area contributed by atoms with E-state index in [9.17, 15) is 9.59 Å². The van der Waals surface area contributed by atoms with Crippen LogP contribution in [-0.4, -0.2) is 35.7 Å². The van der Waals surface area contributed by atoms with E-state index < -0.39 is 0 Å². The number of amides is 1. The maximum absolute atomic E-state index is 12.7. The predicted octanol–water partition coefficient (Wildman–Crippen LogP) is 3.47. The molecule has 1 heterocycles. The highest BCUT2D eigenvalue weighted by atomic mass is 35.5. The molecule has 1 unspecified atom stereocenters. The summed E-state index contributed by atoms with van der Waals surface area (Å²) in [4.78, 5) is 26.6. The summed E-state index contributed by atoms with van der Waals surface area (Å²) in [5, 5.41) is 0. The van der Waals surface area contributed by atoms with Gasteiger partial charge in [0.1, 0.15) is 0 Å². The molecule has 4 nitrogen and oxygen atoms in total. The molecule has 1 amide bonds. The number of carbonyl (C=O) groups excluding carboxylic acids is 2. The van der Waals surface area contributed by atoms with Crippen molar-refractivity contribution in [2.45, 2.75) is 52.5 Å². The minimum atomic E-state index is -0.110. The van der Waals surface area contributed by atoms with Gasteiger partial charge in [-0.05, 0) is 37.7 Å². The van der Waals surface area contributed by atoms with Crippen LogP contribution < -0.4 is 5.73 Å². The van der Waals surface area contributed by atoms with Crippen LogP contribution in [0.2, 0.25) is 0 Å². The average molecular weight is 367 g/mol. The molecule has 5 heteroatoms. The zero-order valence-electron chi connectivity index (χ0n) is 15.5. The van der Waals surface area contributed by atoms with Crippen molar-refractivity contribution in [3.05, 3.63) is 35.4 Å². The van der Waals surface area contributed by atoms with Crippen LogP contribution in [0.3, 0.4) is 0 Å². The molecular weight excluding hydrogens is 336 g/mol. The molecule has 0 aliphatic carbocycles. The molecule has 0 saturated carbocycles. The van der Waals surface area contributed by atoms with Crippen LogP contribution in [0.15, 0.2) is 24.3 Å². The third-order valence-corrected chi connectivity index (χ3v) is 4.60. The quantitative estimate of drug-likeness (QED) is 0.784. The van der Waals surface area contributed by atoms with Crippen molar-refractivity contribution in [3.63, 3.8) is 0 Å². The lowest BCUT2D eigenvalue weighted by Crippen LogP contribution is -2.42. The lowest BCUT2D eigenvalue weighted by Gasteiger charge is -2.31. The summed E-state index contributed by atoms with van der Waals surface area (Å²) in [6.07, 6.45) is 2.92. The number of rotatable bonds is 6. The third-order valence-electron chi connectivity index (χ3n) is 4.60. The van der Waals surface area contributed by atoms with E-state index in [4.69, 9.17) is 5.73 Å². The number of benzene rings is 1. The zero-order chi connectivity index (χ0) is 17.7. The van der Waals surface area contributed by atoms with E-state index in [1.54, 1.807) is 0 Å². The Morgan fingerprint density at radius 3 is 2.16 bits per heavy atom. The largest absolute Gasteiger partial charge is 0.343 e. The number of halogens is 1. The zero-order valence-corrected chi connectivity index (χ0v) is 16.3. The molecule has 0 aromatic heterocycles. The Bertz CT molecular complexity index is 562. The predicted molar refractivity (Wildman–Crippen MR) is 104 cm³/mol. The van der Waals surface area contributed by atoms with E-state index in [0.29, 0.717) is 25.4 Å². The maximum atomic E-state index is 12.7. The lowest BCUT2D eigenvalue weighted by atomic mass is 9.88. The molecule has 0 bridgehead atoms. The number of hydrogen-bond acceptors (Lipinski definition) is 3. The molecular formula is C20H31ClN2O2. The summed E-state index contributed by atoms with van der Waals surface area (Å²) in [6, 6.07) is 7.92. The van der Waals surface area contributed by atoms with Gasteiger partial charge in [0.15, 0.2) is 5.78 Å². The Kier molecular flexibility index (Phi) is 8.60. The molecule has 25 heavy (non-hydrogen) atoms. The molecule has 1 aliphatic heterocycles. The van der Waals surface area contributed by atoms with Gasteiger partial charge in [-0.15, -0.1) is 12.4 Å². The first-order chi connectivity index (χ1) is 11.4. The van der Waals surface area contributed by atoms with E-state index in [1.165, 1.54) is 5.56 Å². The summed E-state index contributed by atoms with van der Waals surface area (Å²) in [7, 11) is 0. The fraction of sp³-hybridized carbons (Fsp3) is 0.600. The maximum Gasteiger partial charge on any atom is 0.224 e. The Morgan fingerprint density at radius 1 is 1.12 bits per heavy atom. The monoisotopic (exact) mass is 366 g/mol. The van der Waals surface area contributed by atoms with Crippen molar-refractivity contribution in [1.29, 1.82) is 0 Å². The Morgan fingerprint density at radius 2 is 1.68 bits per heavy atom. The van der Waals surface area contributed by atoms with Crippen LogP contribution >= 0.6 is 12.4 Å². The highest BCUT2D eigenvalue weighted by Gasteiger charge is 2.28. The first kappa shape index (κ1) is 21.7. The second-order valence-corrected chi connectivity index (χ2v) is 7.50. The van der Waals surface area contributed by atoms with Crippen LogP contribution in [0.1, 0.15) is 56.0 Å². The Hall–Kier alpha value is -1.39. The van der Waals surface area contributed by atoms with Gasteiger partial charge in [-0.25, -0.2) is 0 Å². The summed E-state index contributed by atoms with van der Waals surface area (Å²) < 4.78 is 0. The summed E-state index contributed by atoms with van der Waals surface area (Å²) >= 11 is 0. The third kappa shape index (κ3) is 6.44. The van der Waals surface area contributed by atoms with E-state index in [2.05, 4.69) is 26.0 Å². The topological polar surface area (TPSA) is 63.4 Å². The van der Waals surface area contributed by atoms with Crippen molar-refractivity contribution in [3.8, 4) is 0 Å². The summed E-state index contributed by atoms with van der Waals surface area (Å²) in [5.41, 5.74) is 7.76. The van der Waals surface area contributed by atoms with Gasteiger partial charge in [0.2, 0.25) is 5.91 Å². The van der Waals surface area contributed by atoms with Crippen molar-refractivity contribution >= 4 is 24.1 Å². The number of piperidine rings is 1. The standard InChI is InChI=1S/C20H30N2O2.ClH/c1-14(2)12-16-4-6-17(7-5-16)20(24)18-8-10-22(11-9-18)19(23)13-15(3)21;/h4-7,14-15,18H,8-13,21H2,1-3H3;1H. The van der Waals surface area contributed by atoms with Crippen molar-refractivity contribution in [1.82, 2.24) is 4.90 Å². The van der Waals surface area contributed by atoms with Gasteiger partial charge in [-0.3, -0.25) is 9.59 Å². The van der Waals surface area contributed by atoms with Crippen molar-refractivity contribution in [2.24, 2.45) is 17.6 Å². The lowest BCUT2D eigenvalue weighted by molar-refractivity contribution is -0.132. The number of nitrogens with two attached hydrogens (primary N) is 1. The molecule has 1 aliphatic rings. The van der Waals surface area contributed by atoms with Crippen LogP contribution in [0, 0.1) is 11.8 Å². The fourth-order valence-corrected chi connectivity index (χ4v) is 3.31.